The number of nitrogens with two attached hydrogens (primary N) is 1. The van der Waals surface area contributed by atoms with Gasteiger partial charge < -0.3 is 10.6 Å². The van der Waals surface area contributed by atoms with Crippen LogP contribution in [0, 0.1) is 5.41 Å². The quantitative estimate of drug-likeness (QED) is 0.851. The van der Waals surface area contributed by atoms with Gasteiger partial charge in [-0.15, -0.1) is 11.3 Å². The summed E-state index contributed by atoms with van der Waals surface area (Å²) in [6.07, 6.45) is 3.90. The molecule has 15 heavy (non-hydrogen) atoms. The lowest BCUT2D eigenvalue weighted by Crippen LogP contribution is -2.47. The lowest BCUT2D eigenvalue weighted by molar-refractivity contribution is 0.0302. The van der Waals surface area contributed by atoms with E-state index in [4.69, 9.17) is 5.73 Å². The molecule has 1 heterocycles. The minimum absolute atomic E-state index is 0.342. The summed E-state index contributed by atoms with van der Waals surface area (Å²) in [5, 5.41) is 2.16. The fraction of sp³-hybridized carbons (Fsp3) is 0.667. The maximum absolute atomic E-state index is 5.99. The molecule has 1 aliphatic rings. The second kappa shape index (κ2) is 4.24. The Morgan fingerprint density at radius 2 is 2.27 bits per heavy atom. The van der Waals surface area contributed by atoms with Crippen LogP contribution in [0.25, 0.3) is 0 Å². The summed E-state index contributed by atoms with van der Waals surface area (Å²) in [5.41, 5.74) is 6.33. The number of thiophene rings is 1. The molecule has 2 rings (SSSR count). The molecule has 1 aromatic rings. The average Bonchev–Trinajstić information content (AvgIpc) is 2.62. The van der Waals surface area contributed by atoms with E-state index in [1.807, 2.05) is 11.3 Å². The van der Waals surface area contributed by atoms with Gasteiger partial charge in [0.15, 0.2) is 0 Å². The highest BCUT2D eigenvalue weighted by Crippen LogP contribution is 2.52. The molecule has 84 valence electrons. The van der Waals surface area contributed by atoms with Crippen molar-refractivity contribution in [3.63, 3.8) is 0 Å². The van der Waals surface area contributed by atoms with Crippen LogP contribution in [0.5, 0.6) is 0 Å². The van der Waals surface area contributed by atoms with Crippen molar-refractivity contribution >= 4 is 11.3 Å². The van der Waals surface area contributed by atoms with Gasteiger partial charge in [0.05, 0.1) is 6.04 Å². The zero-order valence-corrected chi connectivity index (χ0v) is 10.4. The first-order valence-corrected chi connectivity index (χ1v) is 6.47. The van der Waals surface area contributed by atoms with Crippen LogP contribution >= 0.6 is 11.3 Å². The molecule has 3 heteroatoms. The summed E-state index contributed by atoms with van der Waals surface area (Å²) in [6.45, 7) is 0.813. The van der Waals surface area contributed by atoms with Gasteiger partial charge in [-0.3, -0.25) is 0 Å². The Morgan fingerprint density at radius 3 is 2.60 bits per heavy atom. The van der Waals surface area contributed by atoms with Crippen molar-refractivity contribution in [2.45, 2.75) is 25.3 Å². The molecule has 1 saturated carbocycles. The standard InChI is InChI=1S/C12H20N2S/c1-14(2)11(10-5-3-8-15-10)12(9-13)6-4-7-12/h3,5,8,11H,4,6-7,9,13H2,1-2H3. The lowest BCUT2D eigenvalue weighted by Gasteiger charge is -2.49. The van der Waals surface area contributed by atoms with E-state index in [0.717, 1.165) is 6.54 Å². The first-order valence-electron chi connectivity index (χ1n) is 5.59. The number of hydrogen-bond donors (Lipinski definition) is 1. The minimum atomic E-state index is 0.342. The van der Waals surface area contributed by atoms with E-state index >= 15 is 0 Å². The predicted molar refractivity (Wildman–Crippen MR) is 66.1 cm³/mol. The van der Waals surface area contributed by atoms with Gasteiger partial charge in [0, 0.05) is 10.3 Å². The molecule has 2 N–H and O–H groups in total. The lowest BCUT2D eigenvalue weighted by atomic mass is 9.63. The Balaban J connectivity index is 2.27. The van der Waals surface area contributed by atoms with Gasteiger partial charge >= 0.3 is 0 Å². The third kappa shape index (κ3) is 1.84. The number of rotatable bonds is 4. The Bertz CT molecular complexity index is 296. The number of hydrogen-bond acceptors (Lipinski definition) is 3. The first kappa shape index (κ1) is 11.1. The molecule has 1 unspecified atom stereocenters. The summed E-state index contributed by atoms with van der Waals surface area (Å²) >= 11 is 1.85. The van der Waals surface area contributed by atoms with Crippen LogP contribution in [-0.4, -0.2) is 25.5 Å². The van der Waals surface area contributed by atoms with Crippen LogP contribution in [-0.2, 0) is 0 Å². The van der Waals surface area contributed by atoms with Gasteiger partial charge in [-0.1, -0.05) is 12.5 Å². The SMILES string of the molecule is CN(C)C(c1cccs1)C1(CN)CCC1. The summed E-state index contributed by atoms with van der Waals surface area (Å²) < 4.78 is 0. The van der Waals surface area contributed by atoms with E-state index < -0.39 is 0 Å². The highest BCUT2D eigenvalue weighted by molar-refractivity contribution is 7.10. The molecule has 0 saturated heterocycles. The second-order valence-corrected chi connectivity index (χ2v) is 5.78. The number of nitrogens with zero attached hydrogens (tertiary/aromatic N) is 1. The Labute approximate surface area is 96.1 Å². The molecule has 1 fully saturated rings. The Hall–Kier alpha value is -0.380. The molecule has 0 aliphatic heterocycles. The molecule has 0 radical (unpaired) electrons. The molecule has 0 bridgehead atoms. The predicted octanol–water partition coefficient (Wildman–Crippen LogP) is 2.48. The largest absolute Gasteiger partial charge is 0.330 e. The smallest absolute Gasteiger partial charge is 0.0504 e. The van der Waals surface area contributed by atoms with Gasteiger partial charge in [0.2, 0.25) is 0 Å². The van der Waals surface area contributed by atoms with Gasteiger partial charge in [0.25, 0.3) is 0 Å². The van der Waals surface area contributed by atoms with E-state index in [1.54, 1.807) is 0 Å². The van der Waals surface area contributed by atoms with Crippen molar-refractivity contribution in [2.24, 2.45) is 11.1 Å². The van der Waals surface area contributed by atoms with Crippen molar-refractivity contribution in [2.75, 3.05) is 20.6 Å². The van der Waals surface area contributed by atoms with Gasteiger partial charge in [-0.05, 0) is 44.9 Å². The van der Waals surface area contributed by atoms with Crippen LogP contribution in [0.4, 0.5) is 0 Å². The van der Waals surface area contributed by atoms with Gasteiger partial charge in [-0.2, -0.15) is 0 Å². The molecule has 1 aliphatic carbocycles. The summed E-state index contributed by atoms with van der Waals surface area (Å²) in [7, 11) is 4.33. The van der Waals surface area contributed by atoms with E-state index in [0.29, 0.717) is 11.5 Å². The molecular formula is C12H20N2S. The maximum Gasteiger partial charge on any atom is 0.0504 e. The second-order valence-electron chi connectivity index (χ2n) is 4.80. The summed E-state index contributed by atoms with van der Waals surface area (Å²) in [4.78, 5) is 3.79. The molecule has 0 spiro atoms. The normalized spacial score (nSPS) is 21.3. The zero-order chi connectivity index (χ0) is 10.9. The molecular weight excluding hydrogens is 204 g/mol. The van der Waals surface area contributed by atoms with Crippen molar-refractivity contribution in [1.29, 1.82) is 0 Å². The van der Waals surface area contributed by atoms with Crippen LogP contribution in [0.2, 0.25) is 0 Å². The van der Waals surface area contributed by atoms with Crippen LogP contribution in [0.1, 0.15) is 30.2 Å². The van der Waals surface area contributed by atoms with E-state index in [2.05, 4.69) is 36.5 Å². The van der Waals surface area contributed by atoms with Crippen molar-refractivity contribution < 1.29 is 0 Å². The van der Waals surface area contributed by atoms with Crippen molar-refractivity contribution in [3.8, 4) is 0 Å². The monoisotopic (exact) mass is 224 g/mol. The fourth-order valence-electron chi connectivity index (χ4n) is 2.77. The maximum atomic E-state index is 5.99. The third-order valence-corrected chi connectivity index (χ3v) is 4.59. The van der Waals surface area contributed by atoms with Gasteiger partial charge in [-0.25, -0.2) is 0 Å². The topological polar surface area (TPSA) is 29.3 Å². The van der Waals surface area contributed by atoms with Crippen molar-refractivity contribution in [3.05, 3.63) is 22.4 Å². The first-order chi connectivity index (χ1) is 7.19. The minimum Gasteiger partial charge on any atom is -0.330 e. The average molecular weight is 224 g/mol. The molecule has 1 aromatic heterocycles. The Morgan fingerprint density at radius 1 is 1.53 bits per heavy atom. The Kier molecular flexibility index (Phi) is 3.14. The summed E-state index contributed by atoms with van der Waals surface area (Å²) in [5.74, 6) is 0. The molecule has 2 nitrogen and oxygen atoms in total. The van der Waals surface area contributed by atoms with E-state index in [9.17, 15) is 0 Å². The van der Waals surface area contributed by atoms with Crippen molar-refractivity contribution in [1.82, 2.24) is 4.90 Å². The molecule has 0 amide bonds. The summed E-state index contributed by atoms with van der Waals surface area (Å²) in [6, 6.07) is 4.89. The zero-order valence-electron chi connectivity index (χ0n) is 9.57. The highest BCUT2D eigenvalue weighted by Gasteiger charge is 2.45. The van der Waals surface area contributed by atoms with E-state index in [-0.39, 0.29) is 0 Å². The van der Waals surface area contributed by atoms with Crippen LogP contribution in [0.15, 0.2) is 17.5 Å². The highest BCUT2D eigenvalue weighted by atomic mass is 32.1. The molecule has 1 atom stereocenters. The van der Waals surface area contributed by atoms with Gasteiger partial charge in [0.1, 0.15) is 0 Å². The van der Waals surface area contributed by atoms with Crippen LogP contribution < -0.4 is 5.73 Å². The van der Waals surface area contributed by atoms with Crippen LogP contribution in [0.3, 0.4) is 0 Å². The fourth-order valence-corrected chi connectivity index (χ4v) is 3.83. The van der Waals surface area contributed by atoms with E-state index in [1.165, 1.54) is 24.1 Å². The third-order valence-electron chi connectivity index (χ3n) is 3.66. The molecule has 0 aromatic carbocycles.